The zero-order chi connectivity index (χ0) is 39.8. The van der Waals surface area contributed by atoms with Crippen LogP contribution in [0.1, 0.15) is 37.7 Å². The van der Waals surface area contributed by atoms with Crippen molar-refractivity contribution in [3.05, 3.63) is 66.6 Å². The van der Waals surface area contributed by atoms with E-state index in [1.54, 1.807) is 22.0 Å². The average molecular weight is 804 g/mol. The molecule has 4 fully saturated rings. The molecule has 0 aliphatic carbocycles. The molecule has 2 N–H and O–H groups in total. The lowest BCUT2D eigenvalue weighted by Gasteiger charge is -2.38. The molecule has 4 aliphatic rings. The predicted octanol–water partition coefficient (Wildman–Crippen LogP) is 3.06. The summed E-state index contributed by atoms with van der Waals surface area (Å²) in [5.74, 6) is 0.900. The highest BCUT2D eigenvalue weighted by Crippen LogP contribution is 2.36. The molecule has 9 rings (SSSR count). The minimum absolute atomic E-state index is 0.138. The highest BCUT2D eigenvalue weighted by atomic mass is 32.1. The van der Waals surface area contributed by atoms with Crippen LogP contribution in [-0.4, -0.2) is 135 Å². The van der Waals surface area contributed by atoms with Gasteiger partial charge in [0.2, 0.25) is 22.9 Å². The first-order valence-corrected chi connectivity index (χ1v) is 20.5. The van der Waals surface area contributed by atoms with Gasteiger partial charge in [0.15, 0.2) is 5.01 Å². The Morgan fingerprint density at radius 1 is 0.914 bits per heavy atom. The average Bonchev–Trinajstić information content (AvgIpc) is 3.93. The van der Waals surface area contributed by atoms with Crippen LogP contribution >= 0.6 is 11.3 Å². The normalized spacial score (nSPS) is 18.0. The maximum absolute atomic E-state index is 13.2. The number of nitrogens with zero attached hydrogens (tertiary/aromatic N) is 11. The maximum Gasteiger partial charge on any atom is 0.236 e. The van der Waals surface area contributed by atoms with E-state index < -0.39 is 0 Å². The van der Waals surface area contributed by atoms with Crippen LogP contribution in [0.25, 0.3) is 27.5 Å². The third kappa shape index (κ3) is 9.23. The smallest absolute Gasteiger partial charge is 0.236 e. The molecule has 5 aromatic heterocycles. The largest absolute Gasteiger partial charge is 0.381 e. The number of piperazine rings is 2. The Bertz CT molecular complexity index is 2260. The Hall–Kier alpha value is -6.03. The fourth-order valence-electron chi connectivity index (χ4n) is 7.46. The number of fused-ring (bicyclic) bond motifs is 1. The van der Waals surface area contributed by atoms with Crippen molar-refractivity contribution in [3.8, 4) is 28.0 Å². The van der Waals surface area contributed by atoms with Gasteiger partial charge in [-0.3, -0.25) is 29.6 Å². The van der Waals surface area contributed by atoms with Crippen LogP contribution in [-0.2, 0) is 19.1 Å². The Morgan fingerprint density at radius 3 is 2.40 bits per heavy atom. The Morgan fingerprint density at radius 2 is 1.69 bits per heavy atom. The second kappa shape index (κ2) is 18.1. The molecule has 18 heteroatoms. The molecule has 17 nitrogen and oxygen atoms in total. The van der Waals surface area contributed by atoms with Crippen LogP contribution in [0.4, 0.5) is 16.6 Å². The number of amides is 3. The van der Waals surface area contributed by atoms with E-state index in [1.807, 2.05) is 53.7 Å². The van der Waals surface area contributed by atoms with E-state index in [-0.39, 0.29) is 23.8 Å². The van der Waals surface area contributed by atoms with Crippen molar-refractivity contribution in [1.29, 1.82) is 5.26 Å². The Labute approximate surface area is 339 Å². The highest BCUT2D eigenvalue weighted by molar-refractivity contribution is 7.18. The molecule has 4 aliphatic heterocycles. The van der Waals surface area contributed by atoms with Crippen LogP contribution in [0.15, 0.2) is 61.1 Å². The first kappa shape index (κ1) is 38.8. The quantitative estimate of drug-likeness (QED) is 0.218. The molecule has 0 saturated carbocycles. The molecule has 0 radical (unpaired) electrons. The summed E-state index contributed by atoms with van der Waals surface area (Å²) in [6.45, 7) is 8.05. The molecule has 0 aromatic carbocycles. The topological polar surface area (TPSA) is 190 Å². The number of hydrogen-bond acceptors (Lipinski definition) is 15. The van der Waals surface area contributed by atoms with E-state index in [0.717, 1.165) is 96.3 Å². The Kier molecular flexibility index (Phi) is 12.1. The minimum atomic E-state index is -0.138. The van der Waals surface area contributed by atoms with Crippen LogP contribution < -0.4 is 20.4 Å². The molecule has 4 saturated heterocycles. The number of rotatable bonds is 8. The second-order valence-corrected chi connectivity index (χ2v) is 15.5. The summed E-state index contributed by atoms with van der Waals surface area (Å²) < 4.78 is 7.41. The third-order valence-electron chi connectivity index (χ3n) is 10.7. The zero-order valence-corrected chi connectivity index (χ0v) is 32.9. The molecule has 3 amide bonds. The van der Waals surface area contributed by atoms with E-state index >= 15 is 0 Å². The Balaban J connectivity index is 0.000000526. The van der Waals surface area contributed by atoms with E-state index in [2.05, 4.69) is 57.7 Å². The fraction of sp³-hybridized carbons (Fsp3) is 0.425. The van der Waals surface area contributed by atoms with Gasteiger partial charge in [0, 0.05) is 103 Å². The lowest BCUT2D eigenvalue weighted by atomic mass is 10.1. The third-order valence-corrected chi connectivity index (χ3v) is 11.7. The molecule has 0 spiro atoms. The molecule has 5 aromatic rings. The summed E-state index contributed by atoms with van der Waals surface area (Å²) in [6, 6.07) is 16.2. The number of aromatic nitrogens is 6. The van der Waals surface area contributed by atoms with Crippen LogP contribution in [0.3, 0.4) is 0 Å². The zero-order valence-electron chi connectivity index (χ0n) is 32.1. The molecular weight excluding hydrogens is 759 g/mol. The van der Waals surface area contributed by atoms with Gasteiger partial charge in [-0.05, 0) is 55.7 Å². The SMILES string of the molecule is N#Cc1cnn2c(-c3cc(NC4CCOCC4)c(-c4nnc(N5CCN(C(=O)CN6CCN(c7ccccn7)CC6)CC5)s4)cn3)ccc2c1.O=C1CCCC(=O)N1. The van der Waals surface area contributed by atoms with Crippen molar-refractivity contribution in [2.75, 3.05) is 87.2 Å². The van der Waals surface area contributed by atoms with Crippen LogP contribution in [0, 0.1) is 11.3 Å². The summed E-state index contributed by atoms with van der Waals surface area (Å²) in [7, 11) is 0. The molecule has 9 heterocycles. The number of nitrogens with one attached hydrogen (secondary N) is 2. The number of ether oxygens (including phenoxy) is 1. The monoisotopic (exact) mass is 803 g/mol. The fourth-order valence-corrected chi connectivity index (χ4v) is 8.38. The molecule has 0 atom stereocenters. The summed E-state index contributed by atoms with van der Waals surface area (Å²) in [5, 5.41) is 30.6. The van der Waals surface area contributed by atoms with Gasteiger partial charge in [-0.15, -0.1) is 10.2 Å². The molecule has 300 valence electrons. The summed E-state index contributed by atoms with van der Waals surface area (Å²) in [6.07, 6.45) is 8.80. The van der Waals surface area contributed by atoms with Gasteiger partial charge < -0.3 is 24.8 Å². The molecule has 58 heavy (non-hydrogen) atoms. The van der Waals surface area contributed by atoms with Gasteiger partial charge >= 0.3 is 0 Å². The van der Waals surface area contributed by atoms with Gasteiger partial charge in [-0.25, -0.2) is 9.50 Å². The summed E-state index contributed by atoms with van der Waals surface area (Å²) in [5.41, 5.74) is 4.77. The van der Waals surface area contributed by atoms with Gasteiger partial charge in [-0.2, -0.15) is 10.4 Å². The van der Waals surface area contributed by atoms with E-state index in [9.17, 15) is 19.6 Å². The number of imide groups is 1. The first-order chi connectivity index (χ1) is 28.4. The van der Waals surface area contributed by atoms with Crippen molar-refractivity contribution in [2.45, 2.75) is 38.1 Å². The molecule has 0 unspecified atom stereocenters. The van der Waals surface area contributed by atoms with Crippen molar-refractivity contribution in [3.63, 3.8) is 0 Å². The number of pyridine rings is 2. The molecule has 0 bridgehead atoms. The van der Waals surface area contributed by atoms with Gasteiger partial charge in [0.05, 0.1) is 40.8 Å². The number of anilines is 3. The number of carbonyl (C=O) groups excluding carboxylic acids is 3. The highest BCUT2D eigenvalue weighted by Gasteiger charge is 2.27. The standard InChI is InChI=1S/C35H38N12O2S.C5H7NO2/c36-21-25-19-27-4-5-31(47(27)39-22-25)30-20-29(40-26-6-17-49-18-7-26)28(23-38-30)34-41-42-35(50-34)46-15-13-45(14-16-46)33(48)24-43-9-11-44(12-10-43)32-3-1-2-8-37-32;7-4-2-1-3-5(8)6-4/h1-5,8,19-20,22-23,26H,6-7,9-18,24H2,(H,38,40);1-3H2,(H,6,7,8). The number of piperidine rings is 1. The van der Waals surface area contributed by atoms with Gasteiger partial charge in [-0.1, -0.05) is 17.4 Å². The lowest BCUT2D eigenvalue weighted by Crippen LogP contribution is -2.54. The first-order valence-electron chi connectivity index (χ1n) is 19.7. The van der Waals surface area contributed by atoms with Crippen molar-refractivity contribution in [1.82, 2.24) is 44.9 Å². The minimum Gasteiger partial charge on any atom is -0.381 e. The van der Waals surface area contributed by atoms with E-state index in [1.165, 1.54) is 0 Å². The maximum atomic E-state index is 13.2. The van der Waals surface area contributed by atoms with Gasteiger partial charge in [0.1, 0.15) is 11.9 Å². The van der Waals surface area contributed by atoms with Gasteiger partial charge in [0.25, 0.3) is 0 Å². The summed E-state index contributed by atoms with van der Waals surface area (Å²) >= 11 is 1.54. The van der Waals surface area contributed by atoms with Crippen LogP contribution in [0.5, 0.6) is 0 Å². The van der Waals surface area contributed by atoms with Crippen molar-refractivity contribution >= 4 is 51.2 Å². The van der Waals surface area contributed by atoms with E-state index in [0.29, 0.717) is 57.5 Å². The molecular formula is C40H45N13O4S. The summed E-state index contributed by atoms with van der Waals surface area (Å²) in [4.78, 5) is 51.9. The van der Waals surface area contributed by atoms with Crippen molar-refractivity contribution < 1.29 is 19.1 Å². The van der Waals surface area contributed by atoms with E-state index in [4.69, 9.17) is 9.72 Å². The van der Waals surface area contributed by atoms with Crippen molar-refractivity contribution in [2.24, 2.45) is 0 Å². The lowest BCUT2D eigenvalue weighted by molar-refractivity contribution is -0.134. The number of hydrogen-bond donors (Lipinski definition) is 2. The van der Waals surface area contributed by atoms with Crippen LogP contribution in [0.2, 0.25) is 0 Å². The number of carbonyl (C=O) groups is 3. The number of nitriles is 1. The predicted molar refractivity (Wildman–Crippen MR) is 218 cm³/mol. The second-order valence-electron chi connectivity index (χ2n) is 14.6.